The fourth-order valence-corrected chi connectivity index (χ4v) is 1.27. The maximum absolute atomic E-state index is 11.3. The summed E-state index contributed by atoms with van der Waals surface area (Å²) in [4.78, 5) is 21.2. The monoisotopic (exact) mass is 239 g/mol. The second-order valence-corrected chi connectivity index (χ2v) is 3.46. The van der Waals surface area contributed by atoms with Crippen LogP contribution in [-0.2, 0) is 4.79 Å². The molecule has 1 aromatic carbocycles. The van der Waals surface area contributed by atoms with Crippen molar-refractivity contribution in [1.29, 1.82) is 0 Å². The van der Waals surface area contributed by atoms with Crippen LogP contribution in [0.25, 0.3) is 0 Å². The number of nitro groups is 1. The van der Waals surface area contributed by atoms with Crippen LogP contribution in [0, 0.1) is 10.1 Å². The minimum atomic E-state index is -0.780. The Morgan fingerprint density at radius 2 is 2.24 bits per heavy atom. The predicted octanol–water partition coefficient (Wildman–Crippen LogP) is 2.40. The third kappa shape index (κ3) is 3.44. The normalized spacial score (nSPS) is 9.94. The van der Waals surface area contributed by atoms with Crippen LogP contribution in [0.1, 0.15) is 26.2 Å². The first-order valence-corrected chi connectivity index (χ1v) is 5.23. The molecular weight excluding hydrogens is 226 g/mol. The molecule has 92 valence electrons. The minimum absolute atomic E-state index is 0.198. The van der Waals surface area contributed by atoms with Crippen molar-refractivity contribution in [2.45, 2.75) is 26.2 Å². The zero-order valence-electron chi connectivity index (χ0n) is 9.38. The molecule has 0 atom stereocenters. The first-order chi connectivity index (χ1) is 8.06. The zero-order valence-corrected chi connectivity index (χ0v) is 9.38. The molecule has 0 aromatic heterocycles. The maximum Gasteiger partial charge on any atom is 0.352 e. The van der Waals surface area contributed by atoms with Crippen molar-refractivity contribution in [3.05, 3.63) is 28.3 Å². The van der Waals surface area contributed by atoms with Crippen LogP contribution in [0.15, 0.2) is 18.2 Å². The summed E-state index contributed by atoms with van der Waals surface area (Å²) in [5.74, 6) is -1.28. The summed E-state index contributed by atoms with van der Waals surface area (Å²) in [5, 5.41) is 20.0. The number of unbranched alkanes of at least 4 members (excludes halogenated alkanes) is 1. The summed E-state index contributed by atoms with van der Waals surface area (Å²) in [6.07, 6.45) is 1.69. The molecule has 0 saturated carbocycles. The second kappa shape index (κ2) is 5.83. The highest BCUT2D eigenvalue weighted by molar-refractivity contribution is 5.74. The fraction of sp³-hybridized carbons (Fsp3) is 0.364. The maximum atomic E-state index is 11.3. The van der Waals surface area contributed by atoms with E-state index in [1.807, 2.05) is 6.92 Å². The molecule has 0 saturated heterocycles. The van der Waals surface area contributed by atoms with Crippen LogP contribution in [0.2, 0.25) is 0 Å². The molecule has 0 amide bonds. The molecule has 0 unspecified atom stereocenters. The quantitative estimate of drug-likeness (QED) is 0.369. The summed E-state index contributed by atoms with van der Waals surface area (Å²) in [7, 11) is 0. The van der Waals surface area contributed by atoms with Gasteiger partial charge in [0.05, 0.1) is 4.92 Å². The Bertz CT molecular complexity index is 430. The van der Waals surface area contributed by atoms with Gasteiger partial charge >= 0.3 is 11.7 Å². The average molecular weight is 239 g/mol. The van der Waals surface area contributed by atoms with Crippen molar-refractivity contribution in [3.63, 3.8) is 0 Å². The molecule has 0 spiro atoms. The van der Waals surface area contributed by atoms with Gasteiger partial charge in [-0.05, 0) is 18.6 Å². The molecule has 0 aliphatic rings. The van der Waals surface area contributed by atoms with E-state index in [1.54, 1.807) is 0 Å². The van der Waals surface area contributed by atoms with Gasteiger partial charge < -0.3 is 9.84 Å². The molecule has 17 heavy (non-hydrogen) atoms. The van der Waals surface area contributed by atoms with Gasteiger partial charge in [0, 0.05) is 6.42 Å². The third-order valence-electron chi connectivity index (χ3n) is 2.12. The minimum Gasteiger partial charge on any atom is -0.502 e. The Hall–Kier alpha value is -2.11. The number of hydrogen-bond acceptors (Lipinski definition) is 5. The molecule has 1 N–H and O–H groups in total. The van der Waals surface area contributed by atoms with Gasteiger partial charge in [-0.25, -0.2) is 0 Å². The second-order valence-electron chi connectivity index (χ2n) is 3.46. The topological polar surface area (TPSA) is 89.7 Å². The van der Waals surface area contributed by atoms with Gasteiger partial charge in [0.15, 0.2) is 5.75 Å². The van der Waals surface area contributed by atoms with Gasteiger partial charge in [-0.3, -0.25) is 14.9 Å². The fourth-order valence-electron chi connectivity index (χ4n) is 1.27. The molecule has 0 aliphatic heterocycles. The number of hydrogen-bond donors (Lipinski definition) is 1. The van der Waals surface area contributed by atoms with Crippen LogP contribution in [0.3, 0.4) is 0 Å². The smallest absolute Gasteiger partial charge is 0.352 e. The lowest BCUT2D eigenvalue weighted by Gasteiger charge is -2.05. The first kappa shape index (κ1) is 13.0. The standard InChI is InChI=1S/C11H13NO5/c1-2-3-7-10(14)17-9-6-4-5-8(13)11(9)12(15)16/h4-6,13H,2-3,7H2,1H3. The van der Waals surface area contributed by atoms with Gasteiger partial charge in [-0.2, -0.15) is 0 Å². The summed E-state index contributed by atoms with van der Waals surface area (Å²) in [6.45, 7) is 1.92. The van der Waals surface area contributed by atoms with E-state index in [-0.39, 0.29) is 12.2 Å². The number of rotatable bonds is 5. The van der Waals surface area contributed by atoms with Crippen molar-refractivity contribution in [1.82, 2.24) is 0 Å². The van der Waals surface area contributed by atoms with E-state index in [0.717, 1.165) is 6.42 Å². The molecule has 0 fully saturated rings. The van der Waals surface area contributed by atoms with Gasteiger partial charge in [0.2, 0.25) is 5.75 Å². The van der Waals surface area contributed by atoms with Gasteiger partial charge in [0.25, 0.3) is 0 Å². The Balaban J connectivity index is 2.87. The average Bonchev–Trinajstić information content (AvgIpc) is 2.25. The molecule has 0 aliphatic carbocycles. The lowest BCUT2D eigenvalue weighted by molar-refractivity contribution is -0.386. The van der Waals surface area contributed by atoms with Crippen molar-refractivity contribution in [2.75, 3.05) is 0 Å². The summed E-state index contributed by atoms with van der Waals surface area (Å²) < 4.78 is 4.85. The molecule has 1 rings (SSSR count). The van der Waals surface area contributed by atoms with E-state index in [2.05, 4.69) is 0 Å². The molecule has 1 aromatic rings. The summed E-state index contributed by atoms with van der Waals surface area (Å²) in [6, 6.07) is 3.83. The van der Waals surface area contributed by atoms with E-state index < -0.39 is 22.3 Å². The first-order valence-electron chi connectivity index (χ1n) is 5.23. The molecule has 6 heteroatoms. The van der Waals surface area contributed by atoms with Crippen LogP contribution in [-0.4, -0.2) is 16.0 Å². The molecule has 0 heterocycles. The summed E-state index contributed by atoms with van der Waals surface area (Å²) >= 11 is 0. The Morgan fingerprint density at radius 1 is 1.53 bits per heavy atom. The van der Waals surface area contributed by atoms with E-state index in [1.165, 1.54) is 18.2 Å². The number of para-hydroxylation sites is 1. The van der Waals surface area contributed by atoms with E-state index >= 15 is 0 Å². The van der Waals surface area contributed by atoms with Gasteiger partial charge in [-0.15, -0.1) is 0 Å². The number of phenols is 1. The molecular formula is C11H13NO5. The van der Waals surface area contributed by atoms with Crippen LogP contribution in [0.4, 0.5) is 5.69 Å². The van der Waals surface area contributed by atoms with Crippen molar-refractivity contribution in [3.8, 4) is 11.5 Å². The lowest BCUT2D eigenvalue weighted by atomic mass is 10.2. The van der Waals surface area contributed by atoms with Crippen LogP contribution >= 0.6 is 0 Å². The number of carbonyl (C=O) groups excluding carboxylic acids is 1. The Labute approximate surface area is 98.0 Å². The predicted molar refractivity (Wildman–Crippen MR) is 59.9 cm³/mol. The Morgan fingerprint density at radius 3 is 2.82 bits per heavy atom. The summed E-state index contributed by atoms with van der Waals surface area (Å²) in [5.41, 5.74) is -0.586. The lowest BCUT2D eigenvalue weighted by Crippen LogP contribution is -2.08. The SMILES string of the molecule is CCCCC(=O)Oc1cccc(O)c1[N+](=O)[O-]. The number of esters is 1. The molecule has 0 bridgehead atoms. The zero-order chi connectivity index (χ0) is 12.8. The van der Waals surface area contributed by atoms with Crippen LogP contribution in [0.5, 0.6) is 11.5 Å². The molecule has 0 radical (unpaired) electrons. The number of aromatic hydroxyl groups is 1. The largest absolute Gasteiger partial charge is 0.502 e. The van der Waals surface area contributed by atoms with E-state index in [9.17, 15) is 20.0 Å². The van der Waals surface area contributed by atoms with Crippen molar-refractivity contribution >= 4 is 11.7 Å². The van der Waals surface area contributed by atoms with Gasteiger partial charge in [-0.1, -0.05) is 19.4 Å². The van der Waals surface area contributed by atoms with Gasteiger partial charge in [0.1, 0.15) is 0 Å². The van der Waals surface area contributed by atoms with Crippen molar-refractivity contribution < 1.29 is 19.6 Å². The molecule has 6 nitrogen and oxygen atoms in total. The number of ether oxygens (including phenoxy) is 1. The number of nitrogens with zero attached hydrogens (tertiary/aromatic N) is 1. The van der Waals surface area contributed by atoms with E-state index in [0.29, 0.717) is 6.42 Å². The third-order valence-corrected chi connectivity index (χ3v) is 2.12. The Kier molecular flexibility index (Phi) is 4.45. The highest BCUT2D eigenvalue weighted by Crippen LogP contribution is 2.35. The van der Waals surface area contributed by atoms with Crippen LogP contribution < -0.4 is 4.74 Å². The highest BCUT2D eigenvalue weighted by Gasteiger charge is 2.22. The van der Waals surface area contributed by atoms with Crippen molar-refractivity contribution in [2.24, 2.45) is 0 Å². The highest BCUT2D eigenvalue weighted by atomic mass is 16.6. The number of benzene rings is 1. The number of phenolic OH excluding ortho intramolecular Hbond substituents is 1. The van der Waals surface area contributed by atoms with E-state index in [4.69, 9.17) is 4.74 Å². The number of carbonyl (C=O) groups is 1. The number of nitro benzene ring substituents is 1.